The van der Waals surface area contributed by atoms with Gasteiger partial charge in [-0.05, 0) is 19.9 Å². The Bertz CT molecular complexity index is 1020. The molecule has 0 saturated carbocycles. The first-order valence-corrected chi connectivity index (χ1v) is 11.0. The maximum absolute atomic E-state index is 12.5. The molecule has 154 valence electrons. The van der Waals surface area contributed by atoms with Crippen molar-refractivity contribution in [2.45, 2.75) is 25.5 Å². The summed E-state index contributed by atoms with van der Waals surface area (Å²) in [7, 11) is 3.03. The number of ether oxygens (including phenoxy) is 2. The Hall–Kier alpha value is -2.23. The van der Waals surface area contributed by atoms with Crippen LogP contribution in [-0.2, 0) is 11.3 Å². The molecule has 0 spiro atoms. The maximum Gasteiger partial charge on any atom is 0.234 e. The lowest BCUT2D eigenvalue weighted by Gasteiger charge is -2.13. The molecule has 2 aromatic heterocycles. The number of aryl methyl sites for hydroxylation is 1. The Balaban J connectivity index is 1.71. The van der Waals surface area contributed by atoms with Crippen LogP contribution in [0.5, 0.6) is 11.5 Å². The monoisotopic (exact) mass is 452 g/mol. The largest absolute Gasteiger partial charge is 0.495 e. The summed E-state index contributed by atoms with van der Waals surface area (Å²) in [5.41, 5.74) is 1.53. The molecule has 7 nitrogen and oxygen atoms in total. The number of thiophene rings is 1. The van der Waals surface area contributed by atoms with E-state index < -0.39 is 0 Å². The second kappa shape index (κ2) is 9.51. The van der Waals surface area contributed by atoms with Gasteiger partial charge in [-0.25, -0.2) is 0 Å². The predicted molar refractivity (Wildman–Crippen MR) is 118 cm³/mol. The molecule has 29 heavy (non-hydrogen) atoms. The number of hydrogen-bond donors (Lipinski definition) is 1. The number of hydrogen-bond acceptors (Lipinski definition) is 7. The molecule has 3 rings (SSSR count). The summed E-state index contributed by atoms with van der Waals surface area (Å²) in [4.78, 5) is 13.7. The molecule has 1 aromatic carbocycles. The molecule has 1 N–H and O–H groups in total. The Morgan fingerprint density at radius 1 is 1.24 bits per heavy atom. The quantitative estimate of drug-likeness (QED) is 0.497. The minimum atomic E-state index is -0.198. The van der Waals surface area contributed by atoms with Gasteiger partial charge in [0.2, 0.25) is 5.91 Å². The van der Waals surface area contributed by atoms with E-state index in [1.54, 1.807) is 23.5 Å². The third kappa shape index (κ3) is 4.85. The van der Waals surface area contributed by atoms with Gasteiger partial charge in [0.05, 0.1) is 30.7 Å². The number of halogens is 1. The topological polar surface area (TPSA) is 78.3 Å². The normalized spacial score (nSPS) is 10.8. The molecule has 0 unspecified atom stereocenters. The molecular weight excluding hydrogens is 432 g/mol. The summed E-state index contributed by atoms with van der Waals surface area (Å²) in [5, 5.41) is 14.6. The Morgan fingerprint density at radius 3 is 2.62 bits per heavy atom. The summed E-state index contributed by atoms with van der Waals surface area (Å²) in [6.45, 7) is 4.80. The van der Waals surface area contributed by atoms with Gasteiger partial charge in [0.1, 0.15) is 11.5 Å². The van der Waals surface area contributed by atoms with E-state index >= 15 is 0 Å². The van der Waals surface area contributed by atoms with Gasteiger partial charge in [0.25, 0.3) is 0 Å². The van der Waals surface area contributed by atoms with Crippen LogP contribution in [0, 0.1) is 6.92 Å². The third-order valence-corrected chi connectivity index (χ3v) is 6.23. The van der Waals surface area contributed by atoms with Crippen molar-refractivity contribution in [2.75, 3.05) is 25.3 Å². The van der Waals surface area contributed by atoms with E-state index in [0.29, 0.717) is 33.9 Å². The van der Waals surface area contributed by atoms with Gasteiger partial charge >= 0.3 is 0 Å². The molecular formula is C19H21ClN4O3S2. The first-order valence-electron chi connectivity index (χ1n) is 8.79. The molecule has 0 aliphatic carbocycles. The zero-order chi connectivity index (χ0) is 21.0. The van der Waals surface area contributed by atoms with E-state index in [4.69, 9.17) is 21.1 Å². The summed E-state index contributed by atoms with van der Waals surface area (Å²) >= 11 is 9.11. The molecule has 0 atom stereocenters. The minimum absolute atomic E-state index is 0.175. The number of carbonyl (C=O) groups excluding carboxylic acids is 1. The van der Waals surface area contributed by atoms with Crippen molar-refractivity contribution in [3.8, 4) is 22.9 Å². The summed E-state index contributed by atoms with van der Waals surface area (Å²) < 4.78 is 12.5. The molecule has 0 aliphatic rings. The second-order valence-corrected chi connectivity index (χ2v) is 8.49. The van der Waals surface area contributed by atoms with Crippen molar-refractivity contribution in [2.24, 2.45) is 0 Å². The van der Waals surface area contributed by atoms with Crippen LogP contribution in [0.15, 0.2) is 28.7 Å². The van der Waals surface area contributed by atoms with Crippen molar-refractivity contribution in [3.05, 3.63) is 33.5 Å². The number of carbonyl (C=O) groups is 1. The summed E-state index contributed by atoms with van der Waals surface area (Å²) in [5.74, 6) is 1.70. The lowest BCUT2D eigenvalue weighted by atomic mass is 10.2. The number of methoxy groups -OCH3 is 2. The molecule has 3 aromatic rings. The Labute approximate surface area is 182 Å². The minimum Gasteiger partial charge on any atom is -0.495 e. The van der Waals surface area contributed by atoms with Gasteiger partial charge in [-0.3, -0.25) is 4.79 Å². The number of anilines is 1. The fraction of sp³-hybridized carbons (Fsp3) is 0.316. The van der Waals surface area contributed by atoms with Gasteiger partial charge in [-0.2, -0.15) is 0 Å². The number of thioether (sulfide) groups is 1. The van der Waals surface area contributed by atoms with E-state index in [-0.39, 0.29) is 11.7 Å². The van der Waals surface area contributed by atoms with Gasteiger partial charge in [0.15, 0.2) is 11.0 Å². The van der Waals surface area contributed by atoms with Gasteiger partial charge in [-0.15, -0.1) is 21.5 Å². The zero-order valence-electron chi connectivity index (χ0n) is 16.5. The van der Waals surface area contributed by atoms with E-state index in [0.717, 1.165) is 11.4 Å². The second-order valence-electron chi connectivity index (χ2n) is 6.02. The van der Waals surface area contributed by atoms with E-state index in [9.17, 15) is 4.79 Å². The average Bonchev–Trinajstić information content (AvgIpc) is 3.32. The molecule has 0 aliphatic heterocycles. The highest BCUT2D eigenvalue weighted by Gasteiger charge is 2.17. The fourth-order valence-electron chi connectivity index (χ4n) is 2.73. The fourth-order valence-corrected chi connectivity index (χ4v) is 4.44. The van der Waals surface area contributed by atoms with Crippen molar-refractivity contribution in [1.29, 1.82) is 0 Å². The van der Waals surface area contributed by atoms with Crippen LogP contribution in [0.2, 0.25) is 5.02 Å². The number of nitrogens with zero attached hydrogens (tertiary/aromatic N) is 3. The number of benzene rings is 1. The van der Waals surface area contributed by atoms with Crippen LogP contribution in [0.3, 0.4) is 0 Å². The molecule has 0 saturated heterocycles. The number of aromatic nitrogens is 3. The van der Waals surface area contributed by atoms with E-state index in [1.807, 2.05) is 11.5 Å². The van der Waals surface area contributed by atoms with Gasteiger partial charge in [-0.1, -0.05) is 23.4 Å². The Morgan fingerprint density at radius 2 is 2.00 bits per heavy atom. The van der Waals surface area contributed by atoms with Crippen LogP contribution in [0.4, 0.5) is 5.69 Å². The van der Waals surface area contributed by atoms with Crippen LogP contribution < -0.4 is 14.8 Å². The lowest BCUT2D eigenvalue weighted by Crippen LogP contribution is -2.15. The third-order valence-electron chi connectivity index (χ3n) is 4.10. The van der Waals surface area contributed by atoms with E-state index in [1.165, 1.54) is 30.9 Å². The lowest BCUT2D eigenvalue weighted by molar-refractivity contribution is -0.113. The highest BCUT2D eigenvalue weighted by atomic mass is 35.5. The van der Waals surface area contributed by atoms with Crippen molar-refractivity contribution >= 4 is 46.3 Å². The first kappa shape index (κ1) is 21.5. The maximum atomic E-state index is 12.5. The van der Waals surface area contributed by atoms with Crippen LogP contribution >= 0.6 is 34.7 Å². The van der Waals surface area contributed by atoms with Crippen LogP contribution in [-0.4, -0.2) is 40.6 Å². The SMILES string of the molecule is CCn1c(SCC(=O)Nc2cc(OC)c(Cl)cc2OC)nnc1-c1csc(C)c1. The predicted octanol–water partition coefficient (Wildman–Crippen LogP) is 4.74. The molecule has 1 amide bonds. The molecule has 0 fully saturated rings. The van der Waals surface area contributed by atoms with Crippen molar-refractivity contribution in [3.63, 3.8) is 0 Å². The molecule has 10 heteroatoms. The van der Waals surface area contributed by atoms with Gasteiger partial charge < -0.3 is 19.4 Å². The zero-order valence-corrected chi connectivity index (χ0v) is 18.9. The highest BCUT2D eigenvalue weighted by molar-refractivity contribution is 7.99. The number of rotatable bonds is 8. The molecule has 0 bridgehead atoms. The van der Waals surface area contributed by atoms with Crippen LogP contribution in [0.1, 0.15) is 11.8 Å². The smallest absolute Gasteiger partial charge is 0.234 e. The highest BCUT2D eigenvalue weighted by Crippen LogP contribution is 2.36. The average molecular weight is 453 g/mol. The van der Waals surface area contributed by atoms with Gasteiger partial charge in [0, 0.05) is 34.5 Å². The Kier molecular flexibility index (Phi) is 7.05. The molecule has 2 heterocycles. The van der Waals surface area contributed by atoms with Crippen molar-refractivity contribution < 1.29 is 14.3 Å². The van der Waals surface area contributed by atoms with Crippen LogP contribution in [0.25, 0.3) is 11.4 Å². The number of amides is 1. The molecule has 0 radical (unpaired) electrons. The standard InChI is InChI=1S/C19H21ClN4O3S2/c1-5-24-18(12-6-11(2)28-9-12)22-23-19(24)29-10-17(25)21-14-8-15(26-3)13(20)7-16(14)27-4/h6-9H,5,10H2,1-4H3,(H,21,25). The van der Waals surface area contributed by atoms with E-state index in [2.05, 4.69) is 33.9 Å². The summed E-state index contributed by atoms with van der Waals surface area (Å²) in [6, 6.07) is 5.32. The first-order chi connectivity index (χ1) is 14.0. The van der Waals surface area contributed by atoms with Crippen molar-refractivity contribution in [1.82, 2.24) is 14.8 Å². The summed E-state index contributed by atoms with van der Waals surface area (Å²) in [6.07, 6.45) is 0. The number of nitrogens with one attached hydrogen (secondary N) is 1.